The molecule has 0 saturated heterocycles. The van der Waals surface area contributed by atoms with Gasteiger partial charge in [-0.3, -0.25) is 4.79 Å². The zero-order valence-electron chi connectivity index (χ0n) is 11.9. The van der Waals surface area contributed by atoms with Gasteiger partial charge in [0.25, 0.3) is 0 Å². The number of carboxylic acids is 1. The average molecular weight is 261 g/mol. The lowest BCUT2D eigenvalue weighted by Crippen LogP contribution is -2.28. The third kappa shape index (κ3) is 2.75. The predicted octanol–water partition coefficient (Wildman–Crippen LogP) is 3.53. The van der Waals surface area contributed by atoms with E-state index in [1.807, 2.05) is 18.2 Å². The Kier molecular flexibility index (Phi) is 3.57. The van der Waals surface area contributed by atoms with Crippen LogP contribution in [-0.2, 0) is 10.2 Å². The number of benzene rings is 1. The summed E-state index contributed by atoms with van der Waals surface area (Å²) in [7, 11) is 0. The summed E-state index contributed by atoms with van der Waals surface area (Å²) in [5.74, 6) is -0.950. The van der Waals surface area contributed by atoms with Gasteiger partial charge in [0.1, 0.15) is 0 Å². The summed E-state index contributed by atoms with van der Waals surface area (Å²) < 4.78 is 0. The topological polar surface area (TPSA) is 63.3 Å². The Morgan fingerprint density at radius 3 is 2.42 bits per heavy atom. The molecule has 1 unspecified atom stereocenters. The summed E-state index contributed by atoms with van der Waals surface area (Å²) in [6.07, 6.45) is 3.12. The van der Waals surface area contributed by atoms with Gasteiger partial charge in [-0.15, -0.1) is 0 Å². The molecule has 0 heterocycles. The molecule has 0 bridgehead atoms. The molecule has 0 amide bonds. The van der Waals surface area contributed by atoms with Gasteiger partial charge < -0.3 is 10.8 Å². The van der Waals surface area contributed by atoms with Crippen molar-refractivity contribution in [1.82, 2.24) is 0 Å². The molecule has 1 saturated carbocycles. The van der Waals surface area contributed by atoms with Gasteiger partial charge in [0.15, 0.2) is 0 Å². The van der Waals surface area contributed by atoms with E-state index in [2.05, 4.69) is 20.8 Å². The molecule has 0 aliphatic heterocycles. The molecule has 0 aromatic heterocycles. The molecule has 1 atom stereocenters. The van der Waals surface area contributed by atoms with Crippen LogP contribution in [0.2, 0.25) is 0 Å². The van der Waals surface area contributed by atoms with E-state index >= 15 is 0 Å². The van der Waals surface area contributed by atoms with Gasteiger partial charge in [-0.1, -0.05) is 39.3 Å². The first kappa shape index (κ1) is 13.9. The highest BCUT2D eigenvalue weighted by atomic mass is 16.4. The van der Waals surface area contributed by atoms with Gasteiger partial charge in [0.05, 0.1) is 5.92 Å². The third-order valence-electron chi connectivity index (χ3n) is 4.18. The molecule has 1 aromatic carbocycles. The van der Waals surface area contributed by atoms with Gasteiger partial charge in [0.2, 0.25) is 0 Å². The van der Waals surface area contributed by atoms with Crippen molar-refractivity contribution in [2.24, 2.45) is 5.92 Å². The van der Waals surface area contributed by atoms with Crippen LogP contribution < -0.4 is 5.73 Å². The molecule has 0 radical (unpaired) electrons. The molecule has 0 spiro atoms. The molecular formula is C16H23NO2. The van der Waals surface area contributed by atoms with E-state index in [0.717, 1.165) is 30.4 Å². The maximum Gasteiger partial charge on any atom is 0.311 e. The Morgan fingerprint density at radius 2 is 2.00 bits per heavy atom. The van der Waals surface area contributed by atoms with E-state index in [9.17, 15) is 9.90 Å². The van der Waals surface area contributed by atoms with Gasteiger partial charge in [-0.2, -0.15) is 0 Å². The van der Waals surface area contributed by atoms with E-state index in [1.54, 1.807) is 0 Å². The monoisotopic (exact) mass is 261 g/mol. The van der Waals surface area contributed by atoms with Crippen molar-refractivity contribution in [2.75, 3.05) is 5.73 Å². The number of carboxylic acid groups (broad SMARTS) is 1. The maximum absolute atomic E-state index is 11.6. The molecule has 3 N–H and O–H groups in total. The zero-order valence-corrected chi connectivity index (χ0v) is 11.9. The van der Waals surface area contributed by atoms with Crippen LogP contribution >= 0.6 is 0 Å². The summed E-state index contributed by atoms with van der Waals surface area (Å²) in [5.41, 5.74) is 8.57. The van der Waals surface area contributed by atoms with Gasteiger partial charge in [0, 0.05) is 5.69 Å². The fourth-order valence-electron chi connectivity index (χ4n) is 2.67. The molecule has 3 nitrogen and oxygen atoms in total. The van der Waals surface area contributed by atoms with Crippen molar-refractivity contribution in [3.63, 3.8) is 0 Å². The number of carbonyl (C=O) groups is 1. The Hall–Kier alpha value is -1.51. The molecule has 1 fully saturated rings. The van der Waals surface area contributed by atoms with Gasteiger partial charge >= 0.3 is 5.97 Å². The lowest BCUT2D eigenvalue weighted by molar-refractivity contribution is -0.141. The standard InChI is InChI=1S/C16H23NO2/c1-16(2,3)11-7-8-13(17)12(9-11)14(15(18)19)10-5-4-6-10/h7-10,14H,4-6,17H2,1-3H3,(H,18,19). The molecule has 2 rings (SSSR count). The highest BCUT2D eigenvalue weighted by Gasteiger charge is 2.35. The van der Waals surface area contributed by atoms with Crippen LogP contribution in [0, 0.1) is 5.92 Å². The summed E-state index contributed by atoms with van der Waals surface area (Å²) in [6.45, 7) is 6.38. The van der Waals surface area contributed by atoms with Crippen LogP contribution in [0.1, 0.15) is 57.1 Å². The second-order valence-electron chi connectivity index (χ2n) is 6.60. The number of hydrogen-bond donors (Lipinski definition) is 2. The minimum Gasteiger partial charge on any atom is -0.481 e. The van der Waals surface area contributed by atoms with E-state index in [-0.39, 0.29) is 11.3 Å². The highest BCUT2D eigenvalue weighted by Crippen LogP contribution is 2.42. The molecule has 3 heteroatoms. The van der Waals surface area contributed by atoms with Gasteiger partial charge in [-0.25, -0.2) is 0 Å². The fourth-order valence-corrected chi connectivity index (χ4v) is 2.67. The Labute approximate surface area is 114 Å². The Morgan fingerprint density at radius 1 is 1.37 bits per heavy atom. The molecule has 1 aliphatic carbocycles. The normalized spacial score (nSPS) is 17.8. The van der Waals surface area contributed by atoms with Crippen molar-refractivity contribution in [3.05, 3.63) is 29.3 Å². The summed E-state index contributed by atoms with van der Waals surface area (Å²) in [5, 5.41) is 9.52. The van der Waals surface area contributed by atoms with Crippen molar-refractivity contribution >= 4 is 11.7 Å². The van der Waals surface area contributed by atoms with Crippen molar-refractivity contribution in [2.45, 2.75) is 51.4 Å². The van der Waals surface area contributed by atoms with Crippen LogP contribution in [0.15, 0.2) is 18.2 Å². The number of anilines is 1. The van der Waals surface area contributed by atoms with E-state index < -0.39 is 11.9 Å². The largest absolute Gasteiger partial charge is 0.481 e. The zero-order chi connectivity index (χ0) is 14.2. The second kappa shape index (κ2) is 4.87. The number of aliphatic carboxylic acids is 1. The van der Waals surface area contributed by atoms with E-state index in [4.69, 9.17) is 5.73 Å². The molecule has 1 aliphatic rings. The van der Waals surface area contributed by atoms with Crippen LogP contribution in [0.3, 0.4) is 0 Å². The molecule has 19 heavy (non-hydrogen) atoms. The first-order valence-corrected chi connectivity index (χ1v) is 6.93. The predicted molar refractivity (Wildman–Crippen MR) is 77.3 cm³/mol. The fraction of sp³-hybridized carbons (Fsp3) is 0.562. The molecule has 1 aromatic rings. The maximum atomic E-state index is 11.6. The lowest BCUT2D eigenvalue weighted by Gasteiger charge is -2.32. The van der Waals surface area contributed by atoms with Crippen LogP contribution in [0.25, 0.3) is 0 Å². The molecular weight excluding hydrogens is 238 g/mol. The quantitative estimate of drug-likeness (QED) is 0.818. The third-order valence-corrected chi connectivity index (χ3v) is 4.18. The number of hydrogen-bond acceptors (Lipinski definition) is 2. The van der Waals surface area contributed by atoms with Crippen molar-refractivity contribution in [1.29, 1.82) is 0 Å². The number of nitrogens with two attached hydrogens (primary N) is 1. The highest BCUT2D eigenvalue weighted by molar-refractivity contribution is 5.79. The SMILES string of the molecule is CC(C)(C)c1ccc(N)c(C(C(=O)O)C2CCC2)c1. The Bertz CT molecular complexity index is 484. The van der Waals surface area contributed by atoms with E-state index in [0.29, 0.717) is 5.69 Å². The first-order valence-electron chi connectivity index (χ1n) is 6.93. The first-order chi connectivity index (χ1) is 8.80. The Balaban J connectivity index is 2.43. The van der Waals surface area contributed by atoms with Crippen LogP contribution in [0.5, 0.6) is 0 Å². The molecule has 104 valence electrons. The van der Waals surface area contributed by atoms with Crippen molar-refractivity contribution < 1.29 is 9.90 Å². The van der Waals surface area contributed by atoms with Crippen LogP contribution in [0.4, 0.5) is 5.69 Å². The van der Waals surface area contributed by atoms with Gasteiger partial charge in [-0.05, 0) is 41.4 Å². The van der Waals surface area contributed by atoms with E-state index in [1.165, 1.54) is 0 Å². The summed E-state index contributed by atoms with van der Waals surface area (Å²) >= 11 is 0. The smallest absolute Gasteiger partial charge is 0.311 e. The summed E-state index contributed by atoms with van der Waals surface area (Å²) in [4.78, 5) is 11.6. The lowest BCUT2D eigenvalue weighted by atomic mass is 9.72. The summed E-state index contributed by atoms with van der Waals surface area (Å²) in [6, 6.07) is 5.84. The van der Waals surface area contributed by atoms with Crippen LogP contribution in [-0.4, -0.2) is 11.1 Å². The number of rotatable bonds is 3. The average Bonchev–Trinajstić information content (AvgIpc) is 2.22. The minimum absolute atomic E-state index is 0.00508. The van der Waals surface area contributed by atoms with Crippen molar-refractivity contribution in [3.8, 4) is 0 Å². The minimum atomic E-state index is -0.748. The second-order valence-corrected chi connectivity index (χ2v) is 6.60. The number of nitrogen functional groups attached to an aromatic ring is 1.